The summed E-state index contributed by atoms with van der Waals surface area (Å²) in [5, 5.41) is 4.86. The van der Waals surface area contributed by atoms with E-state index in [4.69, 9.17) is 12.2 Å². The molecule has 0 fully saturated rings. The Morgan fingerprint density at radius 2 is 1.83 bits per heavy atom. The average molecular weight is 429 g/mol. The third kappa shape index (κ3) is 4.03. The highest BCUT2D eigenvalue weighted by Crippen LogP contribution is 2.46. The molecule has 0 amide bonds. The molecule has 2 heterocycles. The number of nitrogens with one attached hydrogen (secondary N) is 1. The van der Waals surface area contributed by atoms with Crippen LogP contribution in [0.25, 0.3) is 22.2 Å². The van der Waals surface area contributed by atoms with Crippen molar-refractivity contribution >= 4 is 45.3 Å². The number of aromatic nitrogens is 1. The van der Waals surface area contributed by atoms with E-state index in [9.17, 15) is 13.2 Å². The molecule has 0 radical (unpaired) electrons. The number of thiophene rings is 1. The van der Waals surface area contributed by atoms with Crippen LogP contribution in [0.1, 0.15) is 22.8 Å². The highest BCUT2D eigenvalue weighted by molar-refractivity contribution is 7.78. The van der Waals surface area contributed by atoms with Crippen LogP contribution in [0.3, 0.4) is 0 Å². The Hall–Kier alpha value is -2.73. The second kappa shape index (κ2) is 7.95. The molecule has 2 aromatic carbocycles. The summed E-state index contributed by atoms with van der Waals surface area (Å²) in [5.41, 5.74) is 3.31. The lowest BCUT2D eigenvalue weighted by Crippen LogP contribution is -2.14. The Kier molecular flexibility index (Phi) is 5.37. The van der Waals surface area contributed by atoms with Crippen molar-refractivity contribution in [1.82, 2.24) is 4.98 Å². The first-order chi connectivity index (χ1) is 14.0. The van der Waals surface area contributed by atoms with E-state index in [1.807, 2.05) is 36.4 Å². The number of thiocarbonyl (C=S) groups is 1. The monoisotopic (exact) mass is 428 g/mol. The molecule has 7 heteroatoms. The van der Waals surface area contributed by atoms with Crippen molar-refractivity contribution < 1.29 is 13.2 Å². The number of aliphatic imine (C=N–C) groups is 1. The normalized spacial score (nSPS) is 12.7. The zero-order valence-electron chi connectivity index (χ0n) is 15.0. The number of fused-ring (bicyclic) bond motifs is 1. The summed E-state index contributed by atoms with van der Waals surface area (Å²) in [6, 6.07) is 18.3. The largest absolute Gasteiger partial charge is 0.390 e. The predicted molar refractivity (Wildman–Crippen MR) is 115 cm³/mol. The molecule has 4 rings (SSSR count). The van der Waals surface area contributed by atoms with Gasteiger partial charge in [-0.05, 0) is 40.9 Å². The first-order valence-corrected chi connectivity index (χ1v) is 10.1. The lowest BCUT2D eigenvalue weighted by atomic mass is 9.89. The summed E-state index contributed by atoms with van der Waals surface area (Å²) in [6.07, 6.45) is -5.25. The maximum atomic E-state index is 13.6. The van der Waals surface area contributed by atoms with E-state index in [1.165, 1.54) is 11.3 Å². The van der Waals surface area contributed by atoms with Gasteiger partial charge in [0.1, 0.15) is 0 Å². The van der Waals surface area contributed by atoms with Crippen LogP contribution in [0.4, 0.5) is 18.9 Å². The molecule has 4 aromatic rings. The summed E-state index contributed by atoms with van der Waals surface area (Å²) < 4.78 is 40.7. The Labute approximate surface area is 174 Å². The molecule has 2 nitrogen and oxygen atoms in total. The minimum Gasteiger partial charge on any atom is -0.352 e. The highest BCUT2D eigenvalue weighted by atomic mass is 32.1. The standard InChI is InChI=1S/C22H15F3N2S2/c23-22(24,25)12-16(18-10-5-11-29-18)19-15-8-4-9-17(26-13-28)21(15)27-20(19)14-6-2-1-3-7-14/h1-11,16,27H,12H2. The van der Waals surface area contributed by atoms with Gasteiger partial charge in [0.2, 0.25) is 0 Å². The minimum absolute atomic E-state index is 0.554. The van der Waals surface area contributed by atoms with Gasteiger partial charge in [-0.1, -0.05) is 48.5 Å². The quantitative estimate of drug-likeness (QED) is 0.256. The van der Waals surface area contributed by atoms with E-state index in [0.29, 0.717) is 32.7 Å². The summed E-state index contributed by atoms with van der Waals surface area (Å²) in [4.78, 5) is 8.08. The van der Waals surface area contributed by atoms with Crippen LogP contribution in [0.15, 0.2) is 71.0 Å². The molecule has 2 aromatic heterocycles. The van der Waals surface area contributed by atoms with Crippen LogP contribution in [-0.2, 0) is 0 Å². The molecule has 0 aliphatic carbocycles. The van der Waals surface area contributed by atoms with Gasteiger partial charge in [0, 0.05) is 16.2 Å². The number of hydrogen-bond acceptors (Lipinski definition) is 3. The van der Waals surface area contributed by atoms with Crippen LogP contribution in [0.2, 0.25) is 0 Å². The summed E-state index contributed by atoms with van der Waals surface area (Å²) in [7, 11) is 0. The molecule has 0 aliphatic heterocycles. The number of halogens is 3. The molecule has 0 spiro atoms. The third-order valence-corrected chi connectivity index (χ3v) is 5.83. The van der Waals surface area contributed by atoms with Crippen molar-refractivity contribution in [3.63, 3.8) is 0 Å². The fraction of sp³-hybridized carbons (Fsp3) is 0.136. The van der Waals surface area contributed by atoms with Crippen LogP contribution >= 0.6 is 23.6 Å². The number of para-hydroxylation sites is 1. The molecule has 0 saturated heterocycles. The molecule has 0 aliphatic rings. The van der Waals surface area contributed by atoms with Gasteiger partial charge in [0.05, 0.1) is 28.5 Å². The van der Waals surface area contributed by atoms with Crippen molar-refractivity contribution in [2.24, 2.45) is 4.99 Å². The smallest absolute Gasteiger partial charge is 0.352 e. The fourth-order valence-electron chi connectivity index (χ4n) is 3.63. The highest BCUT2D eigenvalue weighted by Gasteiger charge is 2.36. The van der Waals surface area contributed by atoms with Crippen LogP contribution < -0.4 is 0 Å². The van der Waals surface area contributed by atoms with Gasteiger partial charge < -0.3 is 4.98 Å². The number of H-pyrrole nitrogens is 1. The Bertz CT molecular complexity index is 1170. The fourth-order valence-corrected chi connectivity index (χ4v) is 4.56. The second-order valence-electron chi connectivity index (χ2n) is 6.57. The van der Waals surface area contributed by atoms with Crippen LogP contribution in [-0.4, -0.2) is 16.3 Å². The average Bonchev–Trinajstić information content (AvgIpc) is 3.35. The number of isothiocyanates is 1. The molecule has 146 valence electrons. The lowest BCUT2D eigenvalue weighted by Gasteiger charge is -2.19. The molecule has 0 bridgehead atoms. The number of hydrogen-bond donors (Lipinski definition) is 1. The second-order valence-corrected chi connectivity index (χ2v) is 7.73. The topological polar surface area (TPSA) is 28.1 Å². The molecule has 1 atom stereocenters. The van der Waals surface area contributed by atoms with Gasteiger partial charge in [-0.2, -0.15) is 18.2 Å². The lowest BCUT2D eigenvalue weighted by molar-refractivity contribution is -0.136. The van der Waals surface area contributed by atoms with Crippen molar-refractivity contribution in [1.29, 1.82) is 0 Å². The van der Waals surface area contributed by atoms with E-state index in [-0.39, 0.29) is 0 Å². The maximum Gasteiger partial charge on any atom is 0.390 e. The van der Waals surface area contributed by atoms with Gasteiger partial charge >= 0.3 is 6.18 Å². The number of nitrogens with zero attached hydrogens (tertiary/aromatic N) is 1. The van der Waals surface area contributed by atoms with Gasteiger partial charge in [-0.3, -0.25) is 0 Å². The maximum absolute atomic E-state index is 13.6. The van der Waals surface area contributed by atoms with Crippen molar-refractivity contribution in [3.8, 4) is 11.3 Å². The Balaban J connectivity index is 2.05. The zero-order valence-corrected chi connectivity index (χ0v) is 16.7. The molecular formula is C22H15F3N2S2. The zero-order chi connectivity index (χ0) is 20.4. The number of aromatic amines is 1. The Morgan fingerprint density at radius 1 is 1.03 bits per heavy atom. The van der Waals surface area contributed by atoms with Gasteiger partial charge in [0.25, 0.3) is 0 Å². The van der Waals surface area contributed by atoms with Crippen molar-refractivity contribution in [2.75, 3.05) is 0 Å². The van der Waals surface area contributed by atoms with E-state index < -0.39 is 18.5 Å². The van der Waals surface area contributed by atoms with Crippen molar-refractivity contribution in [2.45, 2.75) is 18.5 Å². The SMILES string of the molecule is FC(F)(F)CC(c1cccs1)c1c(-c2ccccc2)[nH]c2c(N=C=S)cccc12. The first kappa shape index (κ1) is 19.6. The molecule has 1 unspecified atom stereocenters. The van der Waals surface area contributed by atoms with Crippen LogP contribution in [0, 0.1) is 0 Å². The van der Waals surface area contributed by atoms with Gasteiger partial charge in [-0.25, -0.2) is 0 Å². The van der Waals surface area contributed by atoms with E-state index >= 15 is 0 Å². The Morgan fingerprint density at radius 3 is 2.48 bits per heavy atom. The van der Waals surface area contributed by atoms with E-state index in [1.54, 1.807) is 29.6 Å². The third-order valence-electron chi connectivity index (χ3n) is 4.75. The molecule has 29 heavy (non-hydrogen) atoms. The molecule has 1 N–H and O–H groups in total. The van der Waals surface area contributed by atoms with E-state index in [0.717, 1.165) is 5.56 Å². The van der Waals surface area contributed by atoms with Crippen LogP contribution in [0.5, 0.6) is 0 Å². The summed E-state index contributed by atoms with van der Waals surface area (Å²) in [6.45, 7) is 0. The predicted octanol–water partition coefficient (Wildman–Crippen LogP) is 7.72. The van der Waals surface area contributed by atoms with Crippen molar-refractivity contribution in [3.05, 3.63) is 76.5 Å². The van der Waals surface area contributed by atoms with E-state index in [2.05, 4.69) is 15.1 Å². The first-order valence-electron chi connectivity index (χ1n) is 8.86. The number of benzene rings is 2. The summed E-state index contributed by atoms with van der Waals surface area (Å²) >= 11 is 6.07. The minimum atomic E-state index is -4.31. The number of alkyl halides is 3. The van der Waals surface area contributed by atoms with Gasteiger partial charge in [-0.15, -0.1) is 11.3 Å². The molecule has 0 saturated carbocycles. The number of rotatable bonds is 5. The summed E-state index contributed by atoms with van der Waals surface area (Å²) in [5.74, 6) is -0.828. The van der Waals surface area contributed by atoms with Gasteiger partial charge in [0.15, 0.2) is 0 Å². The molecular weight excluding hydrogens is 413 g/mol.